The molecule has 0 fully saturated rings. The summed E-state index contributed by atoms with van der Waals surface area (Å²) in [5.41, 5.74) is 6.01. The Kier molecular flexibility index (Phi) is 7.48. The Bertz CT molecular complexity index is 984. The number of amides is 1. The lowest BCUT2D eigenvalue weighted by molar-refractivity contribution is -0.120. The monoisotopic (exact) mass is 416 g/mol. The molecule has 8 nitrogen and oxygen atoms in total. The molecule has 2 aromatic rings. The zero-order valence-corrected chi connectivity index (χ0v) is 18.4. The van der Waals surface area contributed by atoms with E-state index in [2.05, 4.69) is 25.8 Å². The topological polar surface area (TPSA) is 110 Å². The second-order valence-electron chi connectivity index (χ2n) is 8.20. The van der Waals surface area contributed by atoms with Crippen molar-refractivity contribution in [1.82, 2.24) is 9.55 Å². The molecule has 1 aromatic carbocycles. The van der Waals surface area contributed by atoms with Gasteiger partial charge in [-0.25, -0.2) is 4.79 Å². The van der Waals surface area contributed by atoms with E-state index in [0.717, 1.165) is 18.4 Å². The average Bonchev–Trinajstić information content (AvgIpc) is 2.68. The first-order valence-corrected chi connectivity index (χ1v) is 10.3. The first-order chi connectivity index (χ1) is 14.1. The number of aromatic amines is 1. The summed E-state index contributed by atoms with van der Waals surface area (Å²) >= 11 is 0. The van der Waals surface area contributed by atoms with Crippen molar-refractivity contribution >= 4 is 17.4 Å². The smallest absolute Gasteiger partial charge is 0.330 e. The Balaban J connectivity index is 2.22. The van der Waals surface area contributed by atoms with E-state index < -0.39 is 17.2 Å². The number of anilines is 2. The third-order valence-electron chi connectivity index (χ3n) is 4.92. The number of aromatic nitrogens is 2. The van der Waals surface area contributed by atoms with Crippen LogP contribution in [0.1, 0.15) is 53.0 Å². The van der Waals surface area contributed by atoms with Crippen LogP contribution < -0.4 is 26.6 Å². The molecular weight excluding hydrogens is 384 g/mol. The fraction of sp³-hybridized carbons (Fsp3) is 0.500. The molecule has 0 unspecified atom stereocenters. The molecule has 1 amide bonds. The average molecular weight is 417 g/mol. The van der Waals surface area contributed by atoms with Gasteiger partial charge in [-0.15, -0.1) is 0 Å². The minimum absolute atomic E-state index is 0.0121. The van der Waals surface area contributed by atoms with Gasteiger partial charge in [0, 0.05) is 13.1 Å². The van der Waals surface area contributed by atoms with Gasteiger partial charge in [0.1, 0.15) is 11.6 Å². The number of hydrogen-bond acceptors (Lipinski definition) is 5. The van der Waals surface area contributed by atoms with Crippen LogP contribution >= 0.6 is 0 Å². The maximum Gasteiger partial charge on any atom is 0.330 e. The van der Waals surface area contributed by atoms with E-state index in [1.54, 1.807) is 6.92 Å². The number of H-pyrrole nitrogens is 1. The fourth-order valence-corrected chi connectivity index (χ4v) is 3.11. The fourth-order valence-electron chi connectivity index (χ4n) is 3.11. The molecule has 0 aliphatic carbocycles. The van der Waals surface area contributed by atoms with Crippen LogP contribution in [-0.2, 0) is 16.8 Å². The molecule has 1 heterocycles. The van der Waals surface area contributed by atoms with Crippen LogP contribution in [0.25, 0.3) is 0 Å². The van der Waals surface area contributed by atoms with Crippen molar-refractivity contribution in [2.45, 2.75) is 59.4 Å². The van der Waals surface area contributed by atoms with Gasteiger partial charge >= 0.3 is 5.69 Å². The van der Waals surface area contributed by atoms with Crippen molar-refractivity contribution in [3.63, 3.8) is 0 Å². The number of ether oxygens (including phenoxy) is 1. The van der Waals surface area contributed by atoms with Crippen LogP contribution in [0, 0.1) is 0 Å². The standard InChI is InChI=1S/C22H32N4O4/c1-6-8-13-26-19(23)18(20(28)24-21(26)29)25(7-2)17(27)14-30-16-11-9-15(10-12-16)22(3,4)5/h9-12H,6-8,13-14,23H2,1-5H3,(H,24,28,29). The predicted octanol–water partition coefficient (Wildman–Crippen LogP) is 2.65. The molecule has 0 atom stereocenters. The largest absolute Gasteiger partial charge is 0.484 e. The number of carbonyl (C=O) groups is 1. The molecule has 1 aromatic heterocycles. The number of rotatable bonds is 8. The third kappa shape index (κ3) is 5.31. The number of likely N-dealkylation sites (N-methyl/N-ethyl adjacent to an activating group) is 1. The maximum absolute atomic E-state index is 12.8. The minimum atomic E-state index is -0.685. The molecule has 0 saturated heterocycles. The van der Waals surface area contributed by atoms with Gasteiger partial charge in [0.15, 0.2) is 12.3 Å². The second kappa shape index (κ2) is 9.65. The van der Waals surface area contributed by atoms with Gasteiger partial charge in [-0.05, 0) is 36.5 Å². The van der Waals surface area contributed by atoms with E-state index in [9.17, 15) is 14.4 Å². The summed E-state index contributed by atoms with van der Waals surface area (Å²) < 4.78 is 6.92. The zero-order valence-electron chi connectivity index (χ0n) is 18.4. The Morgan fingerprint density at radius 2 is 1.80 bits per heavy atom. The van der Waals surface area contributed by atoms with Crippen molar-refractivity contribution in [3.05, 3.63) is 50.7 Å². The van der Waals surface area contributed by atoms with Crippen molar-refractivity contribution in [2.75, 3.05) is 23.8 Å². The number of hydrogen-bond donors (Lipinski definition) is 2. The normalized spacial score (nSPS) is 11.4. The lowest BCUT2D eigenvalue weighted by Gasteiger charge is -2.23. The van der Waals surface area contributed by atoms with Crippen LogP contribution in [0.2, 0.25) is 0 Å². The molecule has 0 aliphatic rings. The highest BCUT2D eigenvalue weighted by Crippen LogP contribution is 2.24. The highest BCUT2D eigenvalue weighted by molar-refractivity contribution is 5.96. The van der Waals surface area contributed by atoms with Crippen molar-refractivity contribution < 1.29 is 9.53 Å². The molecule has 0 saturated carbocycles. The van der Waals surface area contributed by atoms with Gasteiger partial charge in [0.25, 0.3) is 11.5 Å². The number of nitrogen functional groups attached to an aromatic ring is 1. The Morgan fingerprint density at radius 3 is 2.33 bits per heavy atom. The molecule has 3 N–H and O–H groups in total. The molecule has 164 valence electrons. The molecule has 0 radical (unpaired) electrons. The van der Waals surface area contributed by atoms with Gasteiger partial charge in [-0.3, -0.25) is 19.1 Å². The number of nitrogens with one attached hydrogen (secondary N) is 1. The van der Waals surface area contributed by atoms with Crippen LogP contribution in [-0.4, -0.2) is 28.6 Å². The summed E-state index contributed by atoms with van der Waals surface area (Å²) in [6.07, 6.45) is 1.59. The molecule has 30 heavy (non-hydrogen) atoms. The first-order valence-electron chi connectivity index (χ1n) is 10.3. The van der Waals surface area contributed by atoms with Crippen molar-refractivity contribution in [3.8, 4) is 5.75 Å². The van der Waals surface area contributed by atoms with Gasteiger partial charge in [0.2, 0.25) is 0 Å². The highest BCUT2D eigenvalue weighted by atomic mass is 16.5. The summed E-state index contributed by atoms with van der Waals surface area (Å²) in [6, 6.07) is 7.56. The summed E-state index contributed by atoms with van der Waals surface area (Å²) in [7, 11) is 0. The number of nitrogens with zero attached hydrogens (tertiary/aromatic N) is 2. The van der Waals surface area contributed by atoms with E-state index in [4.69, 9.17) is 10.5 Å². The Hall–Kier alpha value is -3.03. The molecule has 2 rings (SSSR count). The van der Waals surface area contributed by atoms with Crippen LogP contribution in [0.15, 0.2) is 33.9 Å². The van der Waals surface area contributed by atoms with Crippen molar-refractivity contribution in [1.29, 1.82) is 0 Å². The van der Waals surface area contributed by atoms with Gasteiger partial charge in [0.05, 0.1) is 0 Å². The summed E-state index contributed by atoms with van der Waals surface area (Å²) in [6.45, 7) is 10.4. The molecular formula is C22H32N4O4. The van der Waals surface area contributed by atoms with Gasteiger partial charge < -0.3 is 15.4 Å². The molecule has 0 aliphatic heterocycles. The van der Waals surface area contributed by atoms with Crippen LogP contribution in [0.5, 0.6) is 5.75 Å². The third-order valence-corrected chi connectivity index (χ3v) is 4.92. The number of benzene rings is 1. The molecule has 0 spiro atoms. The van der Waals surface area contributed by atoms with Crippen LogP contribution in [0.4, 0.5) is 11.5 Å². The lowest BCUT2D eigenvalue weighted by Crippen LogP contribution is -2.42. The predicted molar refractivity (Wildman–Crippen MR) is 119 cm³/mol. The van der Waals surface area contributed by atoms with Crippen molar-refractivity contribution in [2.24, 2.45) is 0 Å². The summed E-state index contributed by atoms with van der Waals surface area (Å²) in [4.78, 5) is 40.8. The minimum Gasteiger partial charge on any atom is -0.484 e. The van der Waals surface area contributed by atoms with E-state index >= 15 is 0 Å². The number of carbonyl (C=O) groups excluding carboxylic acids is 1. The van der Waals surface area contributed by atoms with E-state index in [0.29, 0.717) is 12.3 Å². The maximum atomic E-state index is 12.8. The van der Waals surface area contributed by atoms with E-state index in [-0.39, 0.29) is 30.1 Å². The molecule has 8 heteroatoms. The molecule has 0 bridgehead atoms. The number of unbranched alkanes of at least 4 members (excludes halogenated alkanes) is 1. The summed E-state index contributed by atoms with van der Waals surface area (Å²) in [5, 5.41) is 0. The highest BCUT2D eigenvalue weighted by Gasteiger charge is 2.23. The second-order valence-corrected chi connectivity index (χ2v) is 8.20. The number of nitrogens with two attached hydrogens (primary N) is 1. The lowest BCUT2D eigenvalue weighted by atomic mass is 9.87. The Morgan fingerprint density at radius 1 is 1.17 bits per heavy atom. The quantitative estimate of drug-likeness (QED) is 0.687. The van der Waals surface area contributed by atoms with E-state index in [1.807, 2.05) is 31.2 Å². The van der Waals surface area contributed by atoms with E-state index in [1.165, 1.54) is 9.47 Å². The zero-order chi connectivity index (χ0) is 22.5. The first kappa shape index (κ1) is 23.3. The Labute approximate surface area is 176 Å². The SMILES string of the molecule is CCCCn1c(N)c(N(CC)C(=O)COc2ccc(C(C)(C)C)cc2)c(=O)[nH]c1=O. The van der Waals surface area contributed by atoms with Gasteiger partial charge in [-0.1, -0.05) is 46.2 Å². The van der Waals surface area contributed by atoms with Crippen LogP contribution in [0.3, 0.4) is 0 Å². The summed E-state index contributed by atoms with van der Waals surface area (Å²) in [5.74, 6) is 0.124. The van der Waals surface area contributed by atoms with Gasteiger partial charge in [-0.2, -0.15) is 0 Å².